The van der Waals surface area contributed by atoms with E-state index in [4.69, 9.17) is 4.74 Å². The minimum atomic E-state index is -0.223. The number of unbranched alkanes of at least 4 members (excludes halogenated alkanes) is 2. The lowest BCUT2D eigenvalue weighted by atomic mass is 9.76. The molecule has 1 spiro atoms. The molecule has 1 atom stereocenters. The van der Waals surface area contributed by atoms with Crippen molar-refractivity contribution in [1.82, 2.24) is 10.6 Å². The molecule has 0 aromatic heterocycles. The summed E-state index contributed by atoms with van der Waals surface area (Å²) in [5.41, 5.74) is -0.179. The summed E-state index contributed by atoms with van der Waals surface area (Å²) < 4.78 is 5.67. The normalized spacial score (nSPS) is 27.6. The van der Waals surface area contributed by atoms with E-state index in [0.717, 1.165) is 32.5 Å². The summed E-state index contributed by atoms with van der Waals surface area (Å²) in [5.74, 6) is 0.494. The molecule has 0 aliphatic carbocycles. The molecule has 0 aromatic rings. The van der Waals surface area contributed by atoms with Gasteiger partial charge in [-0.05, 0) is 19.5 Å². The number of piperidine rings is 1. The largest absolute Gasteiger partial charge is 0.442 e. The zero-order valence-electron chi connectivity index (χ0n) is 10.8. The van der Waals surface area contributed by atoms with Crippen molar-refractivity contribution in [3.63, 3.8) is 0 Å². The maximum atomic E-state index is 11.5. The van der Waals surface area contributed by atoms with Gasteiger partial charge in [0.2, 0.25) is 0 Å². The highest BCUT2D eigenvalue weighted by Gasteiger charge is 2.45. The third-order valence-corrected chi connectivity index (χ3v) is 4.14. The van der Waals surface area contributed by atoms with Gasteiger partial charge in [0.25, 0.3) is 0 Å². The van der Waals surface area contributed by atoms with Crippen molar-refractivity contribution in [1.29, 1.82) is 0 Å². The summed E-state index contributed by atoms with van der Waals surface area (Å²) in [7, 11) is 0. The van der Waals surface area contributed by atoms with E-state index < -0.39 is 0 Å². The fourth-order valence-corrected chi connectivity index (χ4v) is 3.06. The van der Waals surface area contributed by atoms with Crippen LogP contribution >= 0.6 is 0 Å². The fraction of sp³-hybridized carbons (Fsp3) is 0.923. The Balaban J connectivity index is 1.97. The standard InChI is InChI=1S/C13H24N2O2/c1-2-3-4-5-11-10-15-12(16)17-13(11)6-8-14-9-7-13/h11,14H,2-10H2,1H3,(H,15,16). The average Bonchev–Trinajstić information content (AvgIpc) is 2.33. The molecule has 17 heavy (non-hydrogen) atoms. The minimum absolute atomic E-state index is 0.179. The molecule has 2 saturated heterocycles. The third kappa shape index (κ3) is 2.92. The average molecular weight is 240 g/mol. The Kier molecular flexibility index (Phi) is 4.26. The van der Waals surface area contributed by atoms with Gasteiger partial charge in [-0.15, -0.1) is 0 Å². The van der Waals surface area contributed by atoms with Gasteiger partial charge in [-0.1, -0.05) is 26.2 Å². The Labute approximate surface area is 103 Å². The lowest BCUT2D eigenvalue weighted by Crippen LogP contribution is -2.58. The molecule has 2 N–H and O–H groups in total. The van der Waals surface area contributed by atoms with E-state index in [9.17, 15) is 4.79 Å². The summed E-state index contributed by atoms with van der Waals surface area (Å²) in [6.45, 7) is 4.96. The van der Waals surface area contributed by atoms with Crippen molar-refractivity contribution in [2.24, 2.45) is 5.92 Å². The smallest absolute Gasteiger partial charge is 0.407 e. The first-order valence-electron chi connectivity index (χ1n) is 6.94. The molecule has 0 aromatic carbocycles. The molecule has 2 heterocycles. The number of alkyl carbamates (subject to hydrolysis) is 1. The number of carbonyl (C=O) groups is 1. The molecule has 2 rings (SSSR count). The predicted octanol–water partition coefficient (Wildman–Crippen LogP) is 2.04. The maximum Gasteiger partial charge on any atom is 0.407 e. The molecule has 2 fully saturated rings. The molecule has 0 radical (unpaired) electrons. The molecular formula is C13H24N2O2. The van der Waals surface area contributed by atoms with Crippen molar-refractivity contribution >= 4 is 6.09 Å². The number of hydrogen-bond donors (Lipinski definition) is 2. The van der Waals surface area contributed by atoms with Crippen LogP contribution in [-0.2, 0) is 4.74 Å². The molecule has 2 aliphatic heterocycles. The summed E-state index contributed by atoms with van der Waals surface area (Å²) >= 11 is 0. The number of rotatable bonds is 4. The second-order valence-electron chi connectivity index (χ2n) is 5.28. The van der Waals surface area contributed by atoms with Gasteiger partial charge < -0.3 is 15.4 Å². The third-order valence-electron chi connectivity index (χ3n) is 4.14. The molecule has 4 nitrogen and oxygen atoms in total. The van der Waals surface area contributed by atoms with Crippen LogP contribution in [0.4, 0.5) is 4.79 Å². The van der Waals surface area contributed by atoms with Crippen LogP contribution in [0.2, 0.25) is 0 Å². The molecule has 0 bridgehead atoms. The highest BCUT2D eigenvalue weighted by atomic mass is 16.6. The summed E-state index contributed by atoms with van der Waals surface area (Å²) in [6, 6.07) is 0. The second-order valence-corrected chi connectivity index (χ2v) is 5.28. The molecule has 98 valence electrons. The quantitative estimate of drug-likeness (QED) is 0.739. The van der Waals surface area contributed by atoms with Crippen LogP contribution in [0, 0.1) is 5.92 Å². The van der Waals surface area contributed by atoms with Crippen molar-refractivity contribution in [2.45, 2.75) is 51.0 Å². The van der Waals surface area contributed by atoms with E-state index in [1.54, 1.807) is 0 Å². The van der Waals surface area contributed by atoms with Crippen LogP contribution in [0.25, 0.3) is 0 Å². The first-order valence-corrected chi connectivity index (χ1v) is 6.94. The van der Waals surface area contributed by atoms with Gasteiger partial charge in [0.05, 0.1) is 0 Å². The highest BCUT2D eigenvalue weighted by molar-refractivity contribution is 5.68. The number of carbonyl (C=O) groups excluding carboxylic acids is 1. The second kappa shape index (κ2) is 5.71. The van der Waals surface area contributed by atoms with E-state index in [1.165, 1.54) is 25.7 Å². The highest BCUT2D eigenvalue weighted by Crippen LogP contribution is 2.36. The number of hydrogen-bond acceptors (Lipinski definition) is 3. The first-order chi connectivity index (χ1) is 8.27. The summed E-state index contributed by atoms with van der Waals surface area (Å²) in [6.07, 6.45) is 6.66. The molecule has 1 unspecified atom stereocenters. The Morgan fingerprint density at radius 3 is 2.82 bits per heavy atom. The van der Waals surface area contributed by atoms with Gasteiger partial charge in [-0.3, -0.25) is 0 Å². The predicted molar refractivity (Wildman–Crippen MR) is 67.0 cm³/mol. The Morgan fingerprint density at radius 1 is 1.35 bits per heavy atom. The Hall–Kier alpha value is -0.770. The van der Waals surface area contributed by atoms with Gasteiger partial charge in [-0.2, -0.15) is 0 Å². The van der Waals surface area contributed by atoms with Gasteiger partial charge in [-0.25, -0.2) is 4.79 Å². The Morgan fingerprint density at radius 2 is 2.12 bits per heavy atom. The zero-order valence-corrected chi connectivity index (χ0v) is 10.8. The molecule has 1 amide bonds. The Bertz CT molecular complexity index is 262. The molecular weight excluding hydrogens is 216 g/mol. The van der Waals surface area contributed by atoms with Gasteiger partial charge in [0, 0.05) is 25.3 Å². The van der Waals surface area contributed by atoms with Crippen molar-refractivity contribution in [3.05, 3.63) is 0 Å². The van der Waals surface area contributed by atoms with Crippen LogP contribution in [-0.4, -0.2) is 31.3 Å². The van der Waals surface area contributed by atoms with E-state index >= 15 is 0 Å². The van der Waals surface area contributed by atoms with Crippen LogP contribution in [0.3, 0.4) is 0 Å². The van der Waals surface area contributed by atoms with Crippen molar-refractivity contribution < 1.29 is 9.53 Å². The summed E-state index contributed by atoms with van der Waals surface area (Å²) in [5, 5.41) is 6.20. The molecule has 4 heteroatoms. The van der Waals surface area contributed by atoms with Crippen molar-refractivity contribution in [3.8, 4) is 0 Å². The van der Waals surface area contributed by atoms with E-state index in [-0.39, 0.29) is 11.7 Å². The fourth-order valence-electron chi connectivity index (χ4n) is 3.06. The summed E-state index contributed by atoms with van der Waals surface area (Å²) in [4.78, 5) is 11.5. The van der Waals surface area contributed by atoms with E-state index in [2.05, 4.69) is 17.6 Å². The first kappa shape index (κ1) is 12.7. The van der Waals surface area contributed by atoms with Crippen LogP contribution in [0.5, 0.6) is 0 Å². The lowest BCUT2D eigenvalue weighted by Gasteiger charge is -2.46. The van der Waals surface area contributed by atoms with E-state index in [0.29, 0.717) is 5.92 Å². The molecule has 2 aliphatic rings. The van der Waals surface area contributed by atoms with Crippen LogP contribution in [0.15, 0.2) is 0 Å². The van der Waals surface area contributed by atoms with E-state index in [1.807, 2.05) is 0 Å². The van der Waals surface area contributed by atoms with Gasteiger partial charge >= 0.3 is 6.09 Å². The minimum Gasteiger partial charge on any atom is -0.442 e. The van der Waals surface area contributed by atoms with Gasteiger partial charge in [0.15, 0.2) is 0 Å². The maximum absolute atomic E-state index is 11.5. The van der Waals surface area contributed by atoms with Gasteiger partial charge in [0.1, 0.15) is 5.60 Å². The van der Waals surface area contributed by atoms with Crippen molar-refractivity contribution in [2.75, 3.05) is 19.6 Å². The lowest BCUT2D eigenvalue weighted by molar-refractivity contribution is -0.0768. The SMILES string of the molecule is CCCCCC1CNC(=O)OC12CCNCC2. The van der Waals surface area contributed by atoms with Crippen LogP contribution in [0.1, 0.15) is 45.4 Å². The zero-order chi connectivity index (χ0) is 12.1. The molecule has 0 saturated carbocycles. The monoisotopic (exact) mass is 240 g/mol. The topological polar surface area (TPSA) is 50.4 Å². The number of amides is 1. The number of nitrogens with one attached hydrogen (secondary N) is 2. The number of ether oxygens (including phenoxy) is 1. The van der Waals surface area contributed by atoms with Crippen LogP contribution < -0.4 is 10.6 Å².